The highest BCUT2D eigenvalue weighted by atomic mass is 79.9. The summed E-state index contributed by atoms with van der Waals surface area (Å²) in [6, 6.07) is 11.6. The topological polar surface area (TPSA) is 50.9 Å². The number of aromatic nitrogens is 1. The molecule has 0 amide bonds. The predicted molar refractivity (Wildman–Crippen MR) is 70.8 cm³/mol. The maximum Gasteiger partial charge on any atom is 0.130 e. The molecule has 1 aromatic carbocycles. The first-order valence-electron chi connectivity index (χ1n) is 4.91. The Balaban J connectivity index is 2.24. The van der Waals surface area contributed by atoms with Gasteiger partial charge in [0.25, 0.3) is 0 Å². The summed E-state index contributed by atoms with van der Waals surface area (Å²) in [5, 5.41) is 3.22. The predicted octanol–water partition coefficient (Wildman–Crippen LogP) is 3.48. The zero-order valence-electron chi connectivity index (χ0n) is 8.87. The lowest BCUT2D eigenvalue weighted by Crippen LogP contribution is -1.98. The number of aryl methyl sites for hydroxylation is 1. The maximum absolute atomic E-state index is 5.71. The Labute approximate surface area is 103 Å². The van der Waals surface area contributed by atoms with Crippen molar-refractivity contribution in [1.82, 2.24) is 4.98 Å². The van der Waals surface area contributed by atoms with Gasteiger partial charge >= 0.3 is 0 Å². The molecule has 0 spiro atoms. The Kier molecular flexibility index (Phi) is 3.10. The Hall–Kier alpha value is -1.55. The Bertz CT molecular complexity index is 511. The number of benzene rings is 1. The highest BCUT2D eigenvalue weighted by molar-refractivity contribution is 9.10. The van der Waals surface area contributed by atoms with E-state index in [1.807, 2.05) is 43.3 Å². The fourth-order valence-corrected chi connectivity index (χ4v) is 1.75. The minimum absolute atomic E-state index is 0.708. The molecule has 0 atom stereocenters. The van der Waals surface area contributed by atoms with Crippen molar-refractivity contribution in [3.63, 3.8) is 0 Å². The van der Waals surface area contributed by atoms with Crippen LogP contribution in [0, 0.1) is 6.92 Å². The molecule has 4 heteroatoms. The Morgan fingerprint density at radius 3 is 2.75 bits per heavy atom. The van der Waals surface area contributed by atoms with Crippen LogP contribution in [0.3, 0.4) is 0 Å². The van der Waals surface area contributed by atoms with Crippen LogP contribution < -0.4 is 11.1 Å². The number of nitrogens with zero attached hydrogens (tertiary/aromatic N) is 1. The number of hydrogen-bond donors (Lipinski definition) is 2. The fraction of sp³-hybridized carbons (Fsp3) is 0.0833. The van der Waals surface area contributed by atoms with Crippen LogP contribution in [0.5, 0.6) is 0 Å². The van der Waals surface area contributed by atoms with Crippen molar-refractivity contribution in [1.29, 1.82) is 0 Å². The quantitative estimate of drug-likeness (QED) is 0.884. The third-order valence-electron chi connectivity index (χ3n) is 2.22. The van der Waals surface area contributed by atoms with E-state index in [1.54, 1.807) is 0 Å². The van der Waals surface area contributed by atoms with E-state index in [1.165, 1.54) is 0 Å². The van der Waals surface area contributed by atoms with E-state index in [-0.39, 0.29) is 0 Å². The first-order chi connectivity index (χ1) is 7.65. The lowest BCUT2D eigenvalue weighted by atomic mass is 10.3. The van der Waals surface area contributed by atoms with Gasteiger partial charge in [-0.2, -0.15) is 0 Å². The van der Waals surface area contributed by atoms with E-state index in [9.17, 15) is 0 Å². The van der Waals surface area contributed by atoms with E-state index in [0.29, 0.717) is 5.69 Å². The van der Waals surface area contributed by atoms with Gasteiger partial charge in [0.15, 0.2) is 0 Å². The standard InChI is InChI=1S/C12H12BrN3/c1-8-11(14)5-6-12(15-8)16-10-4-2-3-9(13)7-10/h2-7H,14H2,1H3,(H,15,16). The van der Waals surface area contributed by atoms with Crippen molar-refractivity contribution >= 4 is 33.1 Å². The average molecular weight is 278 g/mol. The molecule has 0 bridgehead atoms. The first-order valence-corrected chi connectivity index (χ1v) is 5.70. The molecule has 0 saturated carbocycles. The second-order valence-electron chi connectivity index (χ2n) is 3.51. The van der Waals surface area contributed by atoms with E-state index < -0.39 is 0 Å². The number of nitrogen functional groups attached to an aromatic ring is 1. The summed E-state index contributed by atoms with van der Waals surface area (Å²) in [5.41, 5.74) is 8.24. The van der Waals surface area contributed by atoms with Gasteiger partial charge in [0, 0.05) is 10.2 Å². The normalized spacial score (nSPS) is 10.1. The van der Waals surface area contributed by atoms with E-state index in [2.05, 4.69) is 26.2 Å². The molecule has 0 aliphatic heterocycles. The van der Waals surface area contributed by atoms with Gasteiger partial charge in [0.1, 0.15) is 5.82 Å². The summed E-state index contributed by atoms with van der Waals surface area (Å²) < 4.78 is 1.03. The van der Waals surface area contributed by atoms with Crippen LogP contribution in [0.25, 0.3) is 0 Å². The summed E-state index contributed by atoms with van der Waals surface area (Å²) in [6.45, 7) is 1.89. The van der Waals surface area contributed by atoms with E-state index in [4.69, 9.17) is 5.73 Å². The van der Waals surface area contributed by atoms with Gasteiger partial charge in [-0.25, -0.2) is 4.98 Å². The number of nitrogens with two attached hydrogens (primary N) is 1. The summed E-state index contributed by atoms with van der Waals surface area (Å²) in [4.78, 5) is 4.35. The molecule has 82 valence electrons. The second-order valence-corrected chi connectivity index (χ2v) is 4.42. The van der Waals surface area contributed by atoms with Crippen LogP contribution in [0.1, 0.15) is 5.69 Å². The molecule has 0 fully saturated rings. The van der Waals surface area contributed by atoms with Gasteiger partial charge in [0.2, 0.25) is 0 Å². The van der Waals surface area contributed by atoms with Crippen LogP contribution in [0.2, 0.25) is 0 Å². The lowest BCUT2D eigenvalue weighted by molar-refractivity contribution is 1.20. The van der Waals surface area contributed by atoms with Crippen LogP contribution in [0.15, 0.2) is 40.9 Å². The van der Waals surface area contributed by atoms with Crippen LogP contribution in [0.4, 0.5) is 17.2 Å². The molecule has 0 aliphatic rings. The number of anilines is 3. The smallest absolute Gasteiger partial charge is 0.130 e. The summed E-state index contributed by atoms with van der Waals surface area (Å²) in [5.74, 6) is 0.796. The van der Waals surface area contributed by atoms with Crippen molar-refractivity contribution in [2.24, 2.45) is 0 Å². The second kappa shape index (κ2) is 4.53. The average Bonchev–Trinajstić information content (AvgIpc) is 2.24. The van der Waals surface area contributed by atoms with Crippen molar-refractivity contribution in [2.75, 3.05) is 11.1 Å². The molecule has 0 radical (unpaired) electrons. The van der Waals surface area contributed by atoms with Gasteiger partial charge < -0.3 is 11.1 Å². The Morgan fingerprint density at radius 1 is 1.25 bits per heavy atom. The number of hydrogen-bond acceptors (Lipinski definition) is 3. The number of halogens is 1. The molecule has 16 heavy (non-hydrogen) atoms. The van der Waals surface area contributed by atoms with Gasteiger partial charge in [-0.15, -0.1) is 0 Å². The summed E-state index contributed by atoms with van der Waals surface area (Å²) >= 11 is 3.42. The van der Waals surface area contributed by atoms with Gasteiger partial charge in [-0.3, -0.25) is 0 Å². The number of rotatable bonds is 2. The Morgan fingerprint density at radius 2 is 2.06 bits per heavy atom. The van der Waals surface area contributed by atoms with Crippen LogP contribution in [-0.2, 0) is 0 Å². The minimum atomic E-state index is 0.708. The van der Waals surface area contributed by atoms with Crippen molar-refractivity contribution in [3.8, 4) is 0 Å². The fourth-order valence-electron chi connectivity index (χ4n) is 1.36. The SMILES string of the molecule is Cc1nc(Nc2cccc(Br)c2)ccc1N. The third-order valence-corrected chi connectivity index (χ3v) is 2.72. The molecule has 0 aliphatic carbocycles. The van der Waals surface area contributed by atoms with E-state index in [0.717, 1.165) is 21.7 Å². The summed E-state index contributed by atoms with van der Waals surface area (Å²) in [7, 11) is 0. The zero-order chi connectivity index (χ0) is 11.5. The lowest BCUT2D eigenvalue weighted by Gasteiger charge is -2.07. The first kappa shape index (κ1) is 11.0. The van der Waals surface area contributed by atoms with Gasteiger partial charge in [0.05, 0.1) is 11.4 Å². The molecule has 2 rings (SSSR count). The highest BCUT2D eigenvalue weighted by Gasteiger charge is 1.99. The molecule has 1 aromatic heterocycles. The van der Waals surface area contributed by atoms with Crippen molar-refractivity contribution in [2.45, 2.75) is 6.92 Å². The largest absolute Gasteiger partial charge is 0.397 e. The van der Waals surface area contributed by atoms with Gasteiger partial charge in [-0.1, -0.05) is 22.0 Å². The molecular formula is C12H12BrN3. The molecule has 0 saturated heterocycles. The zero-order valence-corrected chi connectivity index (χ0v) is 10.5. The highest BCUT2D eigenvalue weighted by Crippen LogP contribution is 2.20. The van der Waals surface area contributed by atoms with Crippen molar-refractivity contribution < 1.29 is 0 Å². The third kappa shape index (κ3) is 2.52. The molecular weight excluding hydrogens is 266 g/mol. The van der Waals surface area contributed by atoms with Gasteiger partial charge in [-0.05, 0) is 37.3 Å². The van der Waals surface area contributed by atoms with Crippen molar-refractivity contribution in [3.05, 3.63) is 46.6 Å². The van der Waals surface area contributed by atoms with E-state index >= 15 is 0 Å². The minimum Gasteiger partial charge on any atom is -0.397 e. The maximum atomic E-state index is 5.71. The summed E-state index contributed by atoms with van der Waals surface area (Å²) in [6.07, 6.45) is 0. The number of nitrogens with one attached hydrogen (secondary N) is 1. The van der Waals surface area contributed by atoms with Crippen LogP contribution in [-0.4, -0.2) is 4.98 Å². The molecule has 3 nitrogen and oxygen atoms in total. The monoisotopic (exact) mass is 277 g/mol. The molecule has 1 heterocycles. The molecule has 3 N–H and O–H groups in total. The molecule has 0 unspecified atom stereocenters. The molecule has 2 aromatic rings. The van der Waals surface area contributed by atoms with Crippen LogP contribution >= 0.6 is 15.9 Å². The number of pyridine rings is 1.